The molecule has 2 aromatic carbocycles. The molecule has 0 amide bonds. The van der Waals surface area contributed by atoms with Crippen LogP contribution in [0.3, 0.4) is 0 Å². The van der Waals surface area contributed by atoms with Gasteiger partial charge in [-0.2, -0.15) is 15.2 Å². The molecule has 2 heterocycles. The van der Waals surface area contributed by atoms with E-state index in [9.17, 15) is 5.26 Å². The van der Waals surface area contributed by atoms with Crippen molar-refractivity contribution in [3.8, 4) is 35.2 Å². The number of nitriles is 1. The average Bonchev–Trinajstić information content (AvgIpc) is 3.23. The predicted octanol–water partition coefficient (Wildman–Crippen LogP) is 2.80. The summed E-state index contributed by atoms with van der Waals surface area (Å²) in [5.74, 6) is 2.16. The molecule has 1 aliphatic rings. The van der Waals surface area contributed by atoms with Crippen LogP contribution in [-0.2, 0) is 0 Å². The number of ether oxygens (including phenoxy) is 3. The third-order valence-electron chi connectivity index (χ3n) is 4.74. The Kier molecular flexibility index (Phi) is 5.63. The lowest BCUT2D eigenvalue weighted by molar-refractivity contribution is 0.401. The van der Waals surface area contributed by atoms with E-state index >= 15 is 0 Å². The zero-order chi connectivity index (χ0) is 22.7. The second-order valence-corrected chi connectivity index (χ2v) is 6.98. The molecule has 3 aromatic rings. The van der Waals surface area contributed by atoms with Gasteiger partial charge in [-0.1, -0.05) is 12.1 Å². The molecule has 0 radical (unpaired) electrons. The minimum absolute atomic E-state index is 0.000647. The van der Waals surface area contributed by atoms with E-state index in [1.807, 2.05) is 31.3 Å². The van der Waals surface area contributed by atoms with Gasteiger partial charge in [-0.05, 0) is 24.3 Å². The molecule has 0 aliphatic carbocycles. The van der Waals surface area contributed by atoms with Gasteiger partial charge in [-0.3, -0.25) is 4.99 Å². The van der Waals surface area contributed by atoms with Crippen molar-refractivity contribution >= 4 is 17.3 Å². The van der Waals surface area contributed by atoms with E-state index in [1.165, 1.54) is 13.2 Å². The van der Waals surface area contributed by atoms with E-state index in [1.54, 1.807) is 18.2 Å². The molecular formula is C22H21N7O3. The number of hydrogen-bond donors (Lipinski definition) is 2. The molecule has 0 unspecified atom stereocenters. The molecule has 0 bridgehead atoms. The zero-order valence-corrected chi connectivity index (χ0v) is 17.6. The van der Waals surface area contributed by atoms with Crippen molar-refractivity contribution in [1.29, 1.82) is 5.26 Å². The maximum Gasteiger partial charge on any atom is 0.327 e. The number of nitrogens with two attached hydrogens (primary N) is 2. The predicted molar refractivity (Wildman–Crippen MR) is 119 cm³/mol. The Labute approximate surface area is 184 Å². The van der Waals surface area contributed by atoms with Crippen molar-refractivity contribution in [3.05, 3.63) is 53.6 Å². The lowest BCUT2D eigenvalue weighted by Gasteiger charge is -2.15. The Bertz CT molecular complexity index is 1240. The number of nitrogens with zero attached hydrogens (tertiary/aromatic N) is 5. The van der Waals surface area contributed by atoms with Gasteiger partial charge in [0, 0.05) is 25.2 Å². The molecule has 32 heavy (non-hydrogen) atoms. The molecule has 0 fully saturated rings. The summed E-state index contributed by atoms with van der Waals surface area (Å²) in [4.78, 5) is 14.9. The first kappa shape index (κ1) is 20.7. The molecule has 1 aromatic heterocycles. The fourth-order valence-electron chi connectivity index (χ4n) is 3.14. The normalized spacial score (nSPS) is 12.8. The van der Waals surface area contributed by atoms with Gasteiger partial charge in [0.2, 0.25) is 0 Å². The molecule has 0 saturated carbocycles. The summed E-state index contributed by atoms with van der Waals surface area (Å²) in [5.41, 5.74) is 13.3. The standard InChI is InChI=1S/C22H21N7O3/c1-29-7-6-26-20(29)14-4-3-5-15(10-14)32-22-27-19(25)18(24)21(28-22)31-17-9-13(12-23)8-16(11-17)30-2/h3-5,8-11H,6-7,24H2,1-2H3,(H2,25,27,28). The summed E-state index contributed by atoms with van der Waals surface area (Å²) in [5, 5.41) is 9.21. The number of amidine groups is 1. The van der Waals surface area contributed by atoms with E-state index in [2.05, 4.69) is 19.9 Å². The average molecular weight is 431 g/mol. The van der Waals surface area contributed by atoms with Crippen LogP contribution in [0, 0.1) is 11.3 Å². The Morgan fingerprint density at radius 2 is 1.84 bits per heavy atom. The first-order valence-corrected chi connectivity index (χ1v) is 9.70. The van der Waals surface area contributed by atoms with Crippen LogP contribution < -0.4 is 25.7 Å². The van der Waals surface area contributed by atoms with Crippen LogP contribution >= 0.6 is 0 Å². The summed E-state index contributed by atoms with van der Waals surface area (Å²) in [7, 11) is 3.48. The van der Waals surface area contributed by atoms with Gasteiger partial charge in [0.1, 0.15) is 28.8 Å². The van der Waals surface area contributed by atoms with Gasteiger partial charge in [0.25, 0.3) is 5.88 Å². The first-order valence-electron chi connectivity index (χ1n) is 9.70. The van der Waals surface area contributed by atoms with E-state index in [0.29, 0.717) is 22.8 Å². The highest BCUT2D eigenvalue weighted by atomic mass is 16.5. The highest BCUT2D eigenvalue weighted by Crippen LogP contribution is 2.34. The Morgan fingerprint density at radius 3 is 2.56 bits per heavy atom. The fraction of sp³-hybridized carbons (Fsp3) is 0.182. The Morgan fingerprint density at radius 1 is 1.03 bits per heavy atom. The van der Waals surface area contributed by atoms with Gasteiger partial charge in [-0.15, -0.1) is 0 Å². The summed E-state index contributed by atoms with van der Waals surface area (Å²) >= 11 is 0. The molecule has 4 N–H and O–H groups in total. The number of rotatable bonds is 6. The van der Waals surface area contributed by atoms with Crippen molar-refractivity contribution in [3.63, 3.8) is 0 Å². The number of methoxy groups -OCH3 is 1. The molecular weight excluding hydrogens is 410 g/mol. The SMILES string of the molecule is COc1cc(C#N)cc(Oc2nc(Oc3cccc(C4=NCCN4C)c3)nc(N)c2N)c1. The van der Waals surface area contributed by atoms with Crippen LogP contribution in [0.5, 0.6) is 29.1 Å². The summed E-state index contributed by atoms with van der Waals surface area (Å²) in [6, 6.07) is 14.2. The molecule has 1 aliphatic heterocycles. The number of aromatic nitrogens is 2. The minimum Gasteiger partial charge on any atom is -0.497 e. The number of likely N-dealkylation sites (N-methyl/N-ethyl adjacent to an activating group) is 1. The lowest BCUT2D eigenvalue weighted by atomic mass is 10.2. The quantitative estimate of drug-likeness (QED) is 0.601. The second-order valence-electron chi connectivity index (χ2n) is 6.98. The number of anilines is 2. The van der Waals surface area contributed by atoms with Gasteiger partial charge in [0.15, 0.2) is 5.82 Å². The van der Waals surface area contributed by atoms with Gasteiger partial charge in [0.05, 0.1) is 25.3 Å². The highest BCUT2D eigenvalue weighted by Gasteiger charge is 2.17. The largest absolute Gasteiger partial charge is 0.497 e. The second kappa shape index (κ2) is 8.69. The maximum atomic E-state index is 9.21. The third-order valence-corrected chi connectivity index (χ3v) is 4.74. The molecule has 10 heteroatoms. The first-order chi connectivity index (χ1) is 15.5. The van der Waals surface area contributed by atoms with Crippen LogP contribution in [-0.4, -0.2) is 48.0 Å². The molecule has 0 spiro atoms. The highest BCUT2D eigenvalue weighted by molar-refractivity contribution is 5.99. The number of nitrogen functional groups attached to an aromatic ring is 2. The minimum atomic E-state index is -0.0334. The van der Waals surface area contributed by atoms with Crippen LogP contribution in [0.1, 0.15) is 11.1 Å². The topological polar surface area (TPSA) is 145 Å². The lowest BCUT2D eigenvalue weighted by Crippen LogP contribution is -2.23. The summed E-state index contributed by atoms with van der Waals surface area (Å²) < 4.78 is 16.8. The van der Waals surface area contributed by atoms with Crippen LogP contribution in [0.2, 0.25) is 0 Å². The molecule has 0 atom stereocenters. The molecule has 10 nitrogen and oxygen atoms in total. The summed E-state index contributed by atoms with van der Waals surface area (Å²) in [6.07, 6.45) is 0. The Hall–Kier alpha value is -4.52. The monoisotopic (exact) mass is 431 g/mol. The van der Waals surface area contributed by atoms with E-state index in [-0.39, 0.29) is 23.4 Å². The van der Waals surface area contributed by atoms with Crippen LogP contribution in [0.25, 0.3) is 0 Å². The third kappa shape index (κ3) is 4.32. The van der Waals surface area contributed by atoms with E-state index < -0.39 is 0 Å². The van der Waals surface area contributed by atoms with Crippen molar-refractivity contribution in [2.24, 2.45) is 4.99 Å². The molecule has 0 saturated heterocycles. The van der Waals surface area contributed by atoms with Gasteiger partial charge < -0.3 is 30.6 Å². The molecule has 162 valence electrons. The Balaban J connectivity index is 1.62. The van der Waals surface area contributed by atoms with E-state index in [4.69, 9.17) is 25.7 Å². The zero-order valence-electron chi connectivity index (χ0n) is 17.6. The van der Waals surface area contributed by atoms with Crippen molar-refractivity contribution < 1.29 is 14.2 Å². The fourth-order valence-corrected chi connectivity index (χ4v) is 3.14. The van der Waals surface area contributed by atoms with Crippen molar-refractivity contribution in [2.45, 2.75) is 0 Å². The van der Waals surface area contributed by atoms with Crippen molar-refractivity contribution in [2.75, 3.05) is 38.7 Å². The van der Waals surface area contributed by atoms with Gasteiger partial charge in [-0.25, -0.2) is 0 Å². The number of aliphatic imine (C=N–C) groups is 1. The smallest absolute Gasteiger partial charge is 0.327 e. The van der Waals surface area contributed by atoms with Crippen LogP contribution in [0.15, 0.2) is 47.5 Å². The van der Waals surface area contributed by atoms with E-state index in [0.717, 1.165) is 24.5 Å². The summed E-state index contributed by atoms with van der Waals surface area (Å²) in [6.45, 7) is 1.63. The van der Waals surface area contributed by atoms with Gasteiger partial charge >= 0.3 is 6.01 Å². The van der Waals surface area contributed by atoms with Crippen LogP contribution in [0.4, 0.5) is 11.5 Å². The number of benzene rings is 2. The van der Waals surface area contributed by atoms with Crippen molar-refractivity contribution in [1.82, 2.24) is 14.9 Å². The number of hydrogen-bond acceptors (Lipinski definition) is 10. The molecule has 4 rings (SSSR count). The maximum absolute atomic E-state index is 9.21.